The third kappa shape index (κ3) is 11.4. The average molecular weight is 383 g/mol. The second kappa shape index (κ2) is 14.9. The van der Waals surface area contributed by atoms with Crippen molar-refractivity contribution in [2.45, 2.75) is 104 Å². The molecule has 2 atom stereocenters. The van der Waals surface area contributed by atoms with E-state index >= 15 is 0 Å². The standard InChI is InChI=1S/C23H42O4/c1-4-5-6-7-10-16-26-22(24)20-14-12-15-21(18-20)23(25)27-17-11-8-9-13-19(2)3/h19-21H,4-18H2,1-3H3. The summed E-state index contributed by atoms with van der Waals surface area (Å²) in [6.45, 7) is 7.69. The van der Waals surface area contributed by atoms with Crippen molar-refractivity contribution in [3.8, 4) is 0 Å². The highest BCUT2D eigenvalue weighted by atomic mass is 16.5. The summed E-state index contributed by atoms with van der Waals surface area (Å²) in [5.74, 6) is 0.255. The van der Waals surface area contributed by atoms with E-state index in [-0.39, 0.29) is 23.8 Å². The molecule has 1 saturated carbocycles. The van der Waals surface area contributed by atoms with E-state index in [2.05, 4.69) is 20.8 Å². The van der Waals surface area contributed by atoms with Crippen LogP contribution in [-0.4, -0.2) is 25.2 Å². The molecule has 4 nitrogen and oxygen atoms in total. The Morgan fingerprint density at radius 3 is 1.85 bits per heavy atom. The Morgan fingerprint density at radius 2 is 1.33 bits per heavy atom. The Balaban J connectivity index is 2.16. The van der Waals surface area contributed by atoms with Crippen molar-refractivity contribution in [3.63, 3.8) is 0 Å². The van der Waals surface area contributed by atoms with Gasteiger partial charge >= 0.3 is 11.9 Å². The molecule has 0 spiro atoms. The summed E-state index contributed by atoms with van der Waals surface area (Å²) >= 11 is 0. The van der Waals surface area contributed by atoms with Gasteiger partial charge in [-0.25, -0.2) is 0 Å². The van der Waals surface area contributed by atoms with Crippen molar-refractivity contribution in [3.05, 3.63) is 0 Å². The number of ether oxygens (including phenoxy) is 2. The molecule has 158 valence electrons. The summed E-state index contributed by atoms with van der Waals surface area (Å²) in [6.07, 6.45) is 13.4. The highest BCUT2D eigenvalue weighted by molar-refractivity contribution is 5.76. The van der Waals surface area contributed by atoms with Crippen molar-refractivity contribution in [2.75, 3.05) is 13.2 Å². The number of hydrogen-bond acceptors (Lipinski definition) is 4. The van der Waals surface area contributed by atoms with Gasteiger partial charge in [0.05, 0.1) is 25.0 Å². The molecule has 1 fully saturated rings. The van der Waals surface area contributed by atoms with Crippen molar-refractivity contribution in [1.82, 2.24) is 0 Å². The molecule has 0 heterocycles. The smallest absolute Gasteiger partial charge is 0.308 e. The van der Waals surface area contributed by atoms with E-state index in [4.69, 9.17) is 9.47 Å². The van der Waals surface area contributed by atoms with E-state index in [1.807, 2.05) is 0 Å². The Kier molecular flexibility index (Phi) is 13.3. The molecule has 0 aromatic rings. The normalized spacial score (nSPS) is 19.9. The Labute approximate surface area is 166 Å². The minimum Gasteiger partial charge on any atom is -0.465 e. The van der Waals surface area contributed by atoms with Crippen LogP contribution in [0.1, 0.15) is 104 Å². The molecule has 4 heteroatoms. The van der Waals surface area contributed by atoms with Gasteiger partial charge in [-0.05, 0) is 38.0 Å². The van der Waals surface area contributed by atoms with Gasteiger partial charge in [0.25, 0.3) is 0 Å². The molecular formula is C23H42O4. The van der Waals surface area contributed by atoms with Gasteiger partial charge in [0, 0.05) is 0 Å². The van der Waals surface area contributed by atoms with Gasteiger partial charge in [-0.15, -0.1) is 0 Å². The number of unbranched alkanes of at least 4 members (excludes halogenated alkanes) is 6. The minimum atomic E-state index is -0.128. The predicted octanol–water partition coefficient (Wildman–Crippen LogP) is 6.07. The van der Waals surface area contributed by atoms with Gasteiger partial charge in [0.2, 0.25) is 0 Å². The first kappa shape index (κ1) is 24.0. The average Bonchev–Trinajstić information content (AvgIpc) is 2.66. The van der Waals surface area contributed by atoms with Crippen LogP contribution in [0.4, 0.5) is 0 Å². The number of carbonyl (C=O) groups is 2. The third-order valence-electron chi connectivity index (χ3n) is 5.50. The topological polar surface area (TPSA) is 52.6 Å². The summed E-state index contributed by atoms with van der Waals surface area (Å²) in [6, 6.07) is 0. The van der Waals surface area contributed by atoms with Crippen LogP contribution in [0.25, 0.3) is 0 Å². The lowest BCUT2D eigenvalue weighted by atomic mass is 9.81. The van der Waals surface area contributed by atoms with E-state index < -0.39 is 0 Å². The maximum absolute atomic E-state index is 12.3. The summed E-state index contributed by atoms with van der Waals surface area (Å²) in [5, 5.41) is 0. The van der Waals surface area contributed by atoms with Gasteiger partial charge in [-0.1, -0.05) is 72.1 Å². The van der Waals surface area contributed by atoms with Gasteiger partial charge in [-0.3, -0.25) is 9.59 Å². The maximum atomic E-state index is 12.3. The Morgan fingerprint density at radius 1 is 0.815 bits per heavy atom. The number of rotatable bonds is 14. The maximum Gasteiger partial charge on any atom is 0.308 e. The van der Waals surface area contributed by atoms with Gasteiger partial charge in [0.15, 0.2) is 0 Å². The lowest BCUT2D eigenvalue weighted by Gasteiger charge is -2.26. The predicted molar refractivity (Wildman–Crippen MR) is 109 cm³/mol. The lowest BCUT2D eigenvalue weighted by Crippen LogP contribution is -2.30. The molecule has 1 aliphatic rings. The largest absolute Gasteiger partial charge is 0.465 e. The van der Waals surface area contributed by atoms with E-state index in [1.54, 1.807) is 0 Å². The molecule has 2 unspecified atom stereocenters. The molecule has 0 N–H and O–H groups in total. The molecule has 27 heavy (non-hydrogen) atoms. The van der Waals surface area contributed by atoms with Crippen LogP contribution >= 0.6 is 0 Å². The first-order chi connectivity index (χ1) is 13.0. The SMILES string of the molecule is CCCCCCCOC(=O)C1CCCC(C(=O)OCCCCCC(C)C)C1. The molecule has 0 aliphatic heterocycles. The molecule has 0 radical (unpaired) electrons. The van der Waals surface area contributed by atoms with Gasteiger partial charge < -0.3 is 9.47 Å². The summed E-state index contributed by atoms with van der Waals surface area (Å²) < 4.78 is 10.9. The van der Waals surface area contributed by atoms with Gasteiger partial charge in [-0.2, -0.15) is 0 Å². The molecule has 0 aromatic carbocycles. The molecule has 0 saturated heterocycles. The summed E-state index contributed by atoms with van der Waals surface area (Å²) in [7, 11) is 0. The van der Waals surface area contributed by atoms with Crippen LogP contribution in [0.15, 0.2) is 0 Å². The fourth-order valence-corrected chi connectivity index (χ4v) is 3.74. The summed E-state index contributed by atoms with van der Waals surface area (Å²) in [5.41, 5.74) is 0. The Bertz CT molecular complexity index is 405. The van der Waals surface area contributed by atoms with Crippen molar-refractivity contribution >= 4 is 11.9 Å². The fraction of sp³-hybridized carbons (Fsp3) is 0.913. The highest BCUT2D eigenvalue weighted by Crippen LogP contribution is 2.31. The zero-order valence-corrected chi connectivity index (χ0v) is 18.0. The number of esters is 2. The zero-order valence-electron chi connectivity index (χ0n) is 18.0. The first-order valence-electron chi connectivity index (χ1n) is 11.4. The van der Waals surface area contributed by atoms with E-state index in [0.29, 0.717) is 19.6 Å². The lowest BCUT2D eigenvalue weighted by molar-refractivity contribution is -0.155. The minimum absolute atomic E-state index is 0.114. The quantitative estimate of drug-likeness (QED) is 0.270. The molecular weight excluding hydrogens is 340 g/mol. The van der Waals surface area contributed by atoms with Crippen LogP contribution in [0.5, 0.6) is 0 Å². The second-order valence-electron chi connectivity index (χ2n) is 8.55. The fourth-order valence-electron chi connectivity index (χ4n) is 3.74. The van der Waals surface area contributed by atoms with Crippen LogP contribution < -0.4 is 0 Å². The van der Waals surface area contributed by atoms with Crippen LogP contribution in [0.3, 0.4) is 0 Å². The second-order valence-corrected chi connectivity index (χ2v) is 8.55. The molecule has 0 aromatic heterocycles. The van der Waals surface area contributed by atoms with Crippen LogP contribution in [-0.2, 0) is 19.1 Å². The van der Waals surface area contributed by atoms with Gasteiger partial charge in [0.1, 0.15) is 0 Å². The highest BCUT2D eigenvalue weighted by Gasteiger charge is 2.32. The van der Waals surface area contributed by atoms with Crippen LogP contribution in [0, 0.1) is 17.8 Å². The summed E-state index contributed by atoms with van der Waals surface area (Å²) in [4.78, 5) is 24.6. The zero-order chi connectivity index (χ0) is 19.9. The number of hydrogen-bond donors (Lipinski definition) is 0. The molecule has 1 aliphatic carbocycles. The third-order valence-corrected chi connectivity index (χ3v) is 5.50. The van der Waals surface area contributed by atoms with E-state index in [9.17, 15) is 9.59 Å². The van der Waals surface area contributed by atoms with Crippen LogP contribution in [0.2, 0.25) is 0 Å². The van der Waals surface area contributed by atoms with E-state index in [0.717, 1.165) is 50.9 Å². The Hall–Kier alpha value is -1.06. The number of carbonyl (C=O) groups excluding carboxylic acids is 2. The molecule has 0 bridgehead atoms. The molecule has 0 amide bonds. The van der Waals surface area contributed by atoms with Crippen molar-refractivity contribution in [2.24, 2.45) is 17.8 Å². The monoisotopic (exact) mass is 382 g/mol. The first-order valence-corrected chi connectivity index (χ1v) is 11.4. The van der Waals surface area contributed by atoms with E-state index in [1.165, 1.54) is 32.1 Å². The van der Waals surface area contributed by atoms with Crippen molar-refractivity contribution < 1.29 is 19.1 Å². The van der Waals surface area contributed by atoms with Crippen molar-refractivity contribution in [1.29, 1.82) is 0 Å². The molecule has 1 rings (SSSR count).